The predicted octanol–water partition coefficient (Wildman–Crippen LogP) is 0.729. The molecule has 5 heteroatoms. The van der Waals surface area contributed by atoms with E-state index in [1.165, 1.54) is 19.5 Å². The quantitative estimate of drug-likeness (QED) is 0.779. The van der Waals surface area contributed by atoms with Crippen LogP contribution in [0.15, 0.2) is 12.4 Å². The maximum atomic E-state index is 10.2. The zero-order valence-electron chi connectivity index (χ0n) is 9.23. The number of hydrogen-bond acceptors (Lipinski definition) is 5. The van der Waals surface area contributed by atoms with Gasteiger partial charge in [-0.1, -0.05) is 0 Å². The molecule has 1 N–H and O–H groups in total. The molecule has 1 aromatic rings. The molecule has 1 rings (SSSR count). The lowest BCUT2D eigenvalue weighted by molar-refractivity contribution is 0.0148. The standard InChI is InChI=1S/C10H16N2O3/c1-10(13,4-7-14-2)8-9(15-3)12-6-5-11-8/h5-6,13H,4,7H2,1-3H3. The molecule has 0 fully saturated rings. The Morgan fingerprint density at radius 3 is 2.60 bits per heavy atom. The predicted molar refractivity (Wildman–Crippen MR) is 54.6 cm³/mol. The molecule has 1 aromatic heterocycles. The van der Waals surface area contributed by atoms with Crippen molar-refractivity contribution in [3.05, 3.63) is 18.1 Å². The highest BCUT2D eigenvalue weighted by atomic mass is 16.5. The summed E-state index contributed by atoms with van der Waals surface area (Å²) in [5, 5.41) is 10.2. The molecule has 0 aliphatic carbocycles. The zero-order valence-corrected chi connectivity index (χ0v) is 9.23. The first-order valence-corrected chi connectivity index (χ1v) is 4.68. The fraction of sp³-hybridized carbons (Fsp3) is 0.600. The van der Waals surface area contributed by atoms with Crippen LogP contribution in [0.2, 0.25) is 0 Å². The van der Waals surface area contributed by atoms with E-state index in [4.69, 9.17) is 9.47 Å². The number of methoxy groups -OCH3 is 2. The highest BCUT2D eigenvalue weighted by molar-refractivity contribution is 5.23. The van der Waals surface area contributed by atoms with Crippen molar-refractivity contribution in [2.75, 3.05) is 20.8 Å². The average Bonchev–Trinajstić information content (AvgIpc) is 2.26. The molecule has 1 atom stereocenters. The maximum absolute atomic E-state index is 10.2. The first kappa shape index (κ1) is 11.9. The summed E-state index contributed by atoms with van der Waals surface area (Å²) < 4.78 is 9.96. The summed E-state index contributed by atoms with van der Waals surface area (Å²) in [6.45, 7) is 2.12. The second kappa shape index (κ2) is 5.04. The Hall–Kier alpha value is -1.20. The molecule has 15 heavy (non-hydrogen) atoms. The second-order valence-corrected chi connectivity index (χ2v) is 3.43. The Balaban J connectivity index is 2.92. The molecular formula is C10H16N2O3. The fourth-order valence-corrected chi connectivity index (χ4v) is 1.26. The van der Waals surface area contributed by atoms with Gasteiger partial charge in [0.1, 0.15) is 11.3 Å². The molecule has 0 radical (unpaired) electrons. The summed E-state index contributed by atoms with van der Waals surface area (Å²) in [6, 6.07) is 0. The lowest BCUT2D eigenvalue weighted by Gasteiger charge is -2.23. The van der Waals surface area contributed by atoms with Crippen molar-refractivity contribution >= 4 is 0 Å². The molecule has 0 aromatic carbocycles. The van der Waals surface area contributed by atoms with Crippen LogP contribution in [0.1, 0.15) is 19.0 Å². The maximum Gasteiger partial charge on any atom is 0.238 e. The topological polar surface area (TPSA) is 64.5 Å². The summed E-state index contributed by atoms with van der Waals surface area (Å²) in [5.41, 5.74) is -0.653. The molecule has 0 amide bonds. The van der Waals surface area contributed by atoms with Crippen molar-refractivity contribution in [2.45, 2.75) is 18.9 Å². The molecule has 0 saturated heterocycles. The Bertz CT molecular complexity index is 315. The van der Waals surface area contributed by atoms with E-state index in [1.807, 2.05) is 0 Å². The molecule has 0 saturated carbocycles. The minimum absolute atomic E-state index is 0.346. The minimum atomic E-state index is -1.09. The number of hydrogen-bond donors (Lipinski definition) is 1. The molecule has 84 valence electrons. The Morgan fingerprint density at radius 1 is 1.33 bits per heavy atom. The van der Waals surface area contributed by atoms with Crippen molar-refractivity contribution in [3.63, 3.8) is 0 Å². The Morgan fingerprint density at radius 2 is 2.00 bits per heavy atom. The monoisotopic (exact) mass is 212 g/mol. The van der Waals surface area contributed by atoms with E-state index in [9.17, 15) is 5.11 Å². The summed E-state index contributed by atoms with van der Waals surface area (Å²) >= 11 is 0. The van der Waals surface area contributed by atoms with Crippen LogP contribution in [0, 0.1) is 0 Å². The van der Waals surface area contributed by atoms with Crippen molar-refractivity contribution in [1.29, 1.82) is 0 Å². The molecule has 0 aliphatic heterocycles. The number of ether oxygens (including phenoxy) is 2. The molecular weight excluding hydrogens is 196 g/mol. The van der Waals surface area contributed by atoms with E-state index in [1.54, 1.807) is 14.0 Å². The summed E-state index contributed by atoms with van der Waals surface area (Å²) in [5.74, 6) is 0.346. The first-order valence-electron chi connectivity index (χ1n) is 4.68. The van der Waals surface area contributed by atoms with Crippen LogP contribution in [-0.2, 0) is 10.3 Å². The van der Waals surface area contributed by atoms with Crippen LogP contribution in [0.3, 0.4) is 0 Å². The second-order valence-electron chi connectivity index (χ2n) is 3.43. The molecule has 1 unspecified atom stereocenters. The van der Waals surface area contributed by atoms with Gasteiger partial charge in [-0.2, -0.15) is 0 Å². The van der Waals surface area contributed by atoms with Gasteiger partial charge in [0.25, 0.3) is 0 Å². The van der Waals surface area contributed by atoms with Crippen LogP contribution < -0.4 is 4.74 Å². The lowest BCUT2D eigenvalue weighted by atomic mass is 9.98. The highest BCUT2D eigenvalue weighted by Crippen LogP contribution is 2.28. The number of rotatable bonds is 5. The lowest BCUT2D eigenvalue weighted by Crippen LogP contribution is -2.25. The molecule has 0 bridgehead atoms. The van der Waals surface area contributed by atoms with E-state index in [2.05, 4.69) is 9.97 Å². The Kier molecular flexibility index (Phi) is 3.99. The van der Waals surface area contributed by atoms with E-state index >= 15 is 0 Å². The third-order valence-electron chi connectivity index (χ3n) is 2.16. The van der Waals surface area contributed by atoms with E-state index in [-0.39, 0.29) is 0 Å². The Labute approximate surface area is 89.1 Å². The smallest absolute Gasteiger partial charge is 0.238 e. The molecule has 5 nitrogen and oxygen atoms in total. The van der Waals surface area contributed by atoms with Gasteiger partial charge in [0.05, 0.1) is 7.11 Å². The van der Waals surface area contributed by atoms with Crippen LogP contribution in [0.4, 0.5) is 0 Å². The van der Waals surface area contributed by atoms with Crippen molar-refractivity contribution < 1.29 is 14.6 Å². The zero-order chi connectivity index (χ0) is 11.3. The van der Waals surface area contributed by atoms with Gasteiger partial charge in [-0.15, -0.1) is 0 Å². The number of aliphatic hydroxyl groups is 1. The van der Waals surface area contributed by atoms with Crippen molar-refractivity contribution in [3.8, 4) is 5.88 Å². The van der Waals surface area contributed by atoms with E-state index in [0.717, 1.165) is 0 Å². The van der Waals surface area contributed by atoms with Crippen molar-refractivity contribution in [1.82, 2.24) is 9.97 Å². The molecule has 1 heterocycles. The van der Waals surface area contributed by atoms with E-state index in [0.29, 0.717) is 24.6 Å². The van der Waals surface area contributed by atoms with Gasteiger partial charge in [-0.3, -0.25) is 4.98 Å². The summed E-state index contributed by atoms with van der Waals surface area (Å²) in [6.07, 6.45) is 3.49. The third-order valence-corrected chi connectivity index (χ3v) is 2.16. The minimum Gasteiger partial charge on any atom is -0.480 e. The summed E-state index contributed by atoms with van der Waals surface area (Å²) in [4.78, 5) is 8.07. The van der Waals surface area contributed by atoms with Gasteiger partial charge in [0, 0.05) is 32.5 Å². The number of nitrogens with zero attached hydrogens (tertiary/aromatic N) is 2. The third kappa shape index (κ3) is 2.87. The normalized spacial score (nSPS) is 14.7. The fourth-order valence-electron chi connectivity index (χ4n) is 1.26. The SMILES string of the molecule is COCCC(C)(O)c1nccnc1OC. The van der Waals surface area contributed by atoms with Crippen LogP contribution in [0.5, 0.6) is 5.88 Å². The largest absolute Gasteiger partial charge is 0.480 e. The van der Waals surface area contributed by atoms with Gasteiger partial charge < -0.3 is 14.6 Å². The van der Waals surface area contributed by atoms with Crippen LogP contribution in [-0.4, -0.2) is 35.9 Å². The van der Waals surface area contributed by atoms with Crippen molar-refractivity contribution in [2.24, 2.45) is 0 Å². The number of aromatic nitrogens is 2. The molecule has 0 spiro atoms. The molecule has 0 aliphatic rings. The average molecular weight is 212 g/mol. The van der Waals surface area contributed by atoms with Gasteiger partial charge in [-0.05, 0) is 6.92 Å². The summed E-state index contributed by atoms with van der Waals surface area (Å²) in [7, 11) is 3.09. The van der Waals surface area contributed by atoms with Gasteiger partial charge in [-0.25, -0.2) is 4.98 Å². The van der Waals surface area contributed by atoms with Gasteiger partial charge in [0.15, 0.2) is 0 Å². The highest BCUT2D eigenvalue weighted by Gasteiger charge is 2.28. The van der Waals surface area contributed by atoms with Crippen LogP contribution >= 0.6 is 0 Å². The van der Waals surface area contributed by atoms with Gasteiger partial charge >= 0.3 is 0 Å². The van der Waals surface area contributed by atoms with Crippen LogP contribution in [0.25, 0.3) is 0 Å². The van der Waals surface area contributed by atoms with E-state index < -0.39 is 5.60 Å². The van der Waals surface area contributed by atoms with Gasteiger partial charge in [0.2, 0.25) is 5.88 Å². The first-order chi connectivity index (χ1) is 7.11.